The van der Waals surface area contributed by atoms with Gasteiger partial charge < -0.3 is 15.2 Å². The van der Waals surface area contributed by atoms with E-state index < -0.39 is 12.0 Å². The Morgan fingerprint density at radius 1 is 1.40 bits per heavy atom. The standard InChI is InChI=1S/C15H19NO4/c1-10-7-12(9-20-10)15(19)16-13(8-14(17)18)11-5-3-2-4-6-11/h2-6,10,12-13H,7-9H2,1H3,(H,16,19)(H,17,18). The van der Waals surface area contributed by atoms with Crippen LogP contribution in [0.25, 0.3) is 0 Å². The molecular weight excluding hydrogens is 258 g/mol. The van der Waals surface area contributed by atoms with E-state index in [0.29, 0.717) is 13.0 Å². The Morgan fingerprint density at radius 3 is 2.65 bits per heavy atom. The van der Waals surface area contributed by atoms with Gasteiger partial charge in [0, 0.05) is 0 Å². The van der Waals surface area contributed by atoms with E-state index >= 15 is 0 Å². The van der Waals surface area contributed by atoms with Crippen LogP contribution >= 0.6 is 0 Å². The van der Waals surface area contributed by atoms with Crippen LogP contribution in [-0.4, -0.2) is 29.7 Å². The summed E-state index contributed by atoms with van der Waals surface area (Å²) < 4.78 is 5.38. The first kappa shape index (κ1) is 14.5. The summed E-state index contributed by atoms with van der Waals surface area (Å²) in [5.41, 5.74) is 0.801. The molecule has 1 fully saturated rings. The molecule has 1 heterocycles. The van der Waals surface area contributed by atoms with Crippen molar-refractivity contribution in [2.45, 2.75) is 31.9 Å². The summed E-state index contributed by atoms with van der Waals surface area (Å²) in [4.78, 5) is 23.1. The summed E-state index contributed by atoms with van der Waals surface area (Å²) in [6.07, 6.45) is 0.639. The van der Waals surface area contributed by atoms with Gasteiger partial charge in [0.1, 0.15) is 0 Å². The summed E-state index contributed by atoms with van der Waals surface area (Å²) in [5, 5.41) is 11.8. The zero-order valence-electron chi connectivity index (χ0n) is 11.4. The van der Waals surface area contributed by atoms with Crippen LogP contribution in [0.1, 0.15) is 31.4 Å². The van der Waals surface area contributed by atoms with Crippen molar-refractivity contribution in [3.05, 3.63) is 35.9 Å². The zero-order chi connectivity index (χ0) is 14.5. The monoisotopic (exact) mass is 277 g/mol. The molecule has 5 heteroatoms. The lowest BCUT2D eigenvalue weighted by Crippen LogP contribution is -2.35. The van der Waals surface area contributed by atoms with Crippen molar-refractivity contribution in [3.63, 3.8) is 0 Å². The van der Waals surface area contributed by atoms with Crippen molar-refractivity contribution >= 4 is 11.9 Å². The number of aliphatic carboxylic acids is 1. The number of amides is 1. The van der Waals surface area contributed by atoms with Crippen LogP contribution in [0, 0.1) is 5.92 Å². The molecule has 2 rings (SSSR count). The maximum absolute atomic E-state index is 12.2. The van der Waals surface area contributed by atoms with Crippen molar-refractivity contribution in [3.8, 4) is 0 Å². The lowest BCUT2D eigenvalue weighted by Gasteiger charge is -2.19. The SMILES string of the molecule is CC1CC(C(=O)NC(CC(=O)O)c2ccccc2)CO1. The molecule has 1 amide bonds. The molecule has 2 N–H and O–H groups in total. The minimum absolute atomic E-state index is 0.0837. The molecule has 0 radical (unpaired) electrons. The van der Waals surface area contributed by atoms with Gasteiger partial charge in [0.25, 0.3) is 0 Å². The van der Waals surface area contributed by atoms with Crippen LogP contribution in [0.4, 0.5) is 0 Å². The highest BCUT2D eigenvalue weighted by molar-refractivity contribution is 5.80. The number of carboxylic acids is 1. The van der Waals surface area contributed by atoms with Gasteiger partial charge in [0.05, 0.1) is 31.1 Å². The minimum atomic E-state index is -0.935. The summed E-state index contributed by atoms with van der Waals surface area (Å²) in [7, 11) is 0. The number of carboxylic acid groups (broad SMARTS) is 1. The van der Waals surface area contributed by atoms with Gasteiger partial charge in [-0.1, -0.05) is 30.3 Å². The molecule has 0 saturated carbocycles. The Hall–Kier alpha value is -1.88. The van der Waals surface area contributed by atoms with Gasteiger partial charge in [0.15, 0.2) is 0 Å². The number of benzene rings is 1. The minimum Gasteiger partial charge on any atom is -0.481 e. The van der Waals surface area contributed by atoms with Crippen molar-refractivity contribution in [1.82, 2.24) is 5.32 Å². The van der Waals surface area contributed by atoms with Crippen molar-refractivity contribution < 1.29 is 19.4 Å². The average Bonchev–Trinajstić information content (AvgIpc) is 2.85. The first-order chi connectivity index (χ1) is 9.56. The van der Waals surface area contributed by atoms with E-state index in [1.807, 2.05) is 37.3 Å². The number of hydrogen-bond acceptors (Lipinski definition) is 3. The smallest absolute Gasteiger partial charge is 0.305 e. The van der Waals surface area contributed by atoms with Crippen LogP contribution in [0.2, 0.25) is 0 Å². The largest absolute Gasteiger partial charge is 0.481 e. The van der Waals surface area contributed by atoms with Crippen molar-refractivity contribution in [2.75, 3.05) is 6.61 Å². The maximum Gasteiger partial charge on any atom is 0.305 e. The van der Waals surface area contributed by atoms with E-state index in [2.05, 4.69) is 5.32 Å². The fraction of sp³-hybridized carbons (Fsp3) is 0.467. The number of nitrogens with one attached hydrogen (secondary N) is 1. The third kappa shape index (κ3) is 3.81. The molecule has 3 atom stereocenters. The normalized spacial score (nSPS) is 23.2. The maximum atomic E-state index is 12.2. The average molecular weight is 277 g/mol. The number of rotatable bonds is 5. The van der Waals surface area contributed by atoms with Gasteiger partial charge in [-0.05, 0) is 18.9 Å². The Balaban J connectivity index is 2.04. The third-order valence-corrected chi connectivity index (χ3v) is 3.47. The van der Waals surface area contributed by atoms with Gasteiger partial charge in [-0.2, -0.15) is 0 Å². The Kier molecular flexibility index (Phi) is 4.74. The molecule has 0 aromatic heterocycles. The third-order valence-electron chi connectivity index (χ3n) is 3.47. The molecule has 0 spiro atoms. The molecular formula is C15H19NO4. The van der Waals surface area contributed by atoms with Crippen LogP contribution in [0.3, 0.4) is 0 Å². The number of ether oxygens (including phenoxy) is 1. The first-order valence-electron chi connectivity index (χ1n) is 6.75. The number of carbonyl (C=O) groups is 2. The topological polar surface area (TPSA) is 75.6 Å². The lowest BCUT2D eigenvalue weighted by molar-refractivity contribution is -0.137. The van der Waals surface area contributed by atoms with E-state index in [1.54, 1.807) is 0 Å². The highest BCUT2D eigenvalue weighted by atomic mass is 16.5. The Morgan fingerprint density at radius 2 is 2.10 bits per heavy atom. The quantitative estimate of drug-likeness (QED) is 0.859. The fourth-order valence-corrected chi connectivity index (χ4v) is 2.40. The first-order valence-corrected chi connectivity index (χ1v) is 6.75. The number of hydrogen-bond donors (Lipinski definition) is 2. The highest BCUT2D eigenvalue weighted by Gasteiger charge is 2.30. The molecule has 108 valence electrons. The van der Waals surface area contributed by atoms with Gasteiger partial charge >= 0.3 is 5.97 Å². The van der Waals surface area contributed by atoms with E-state index in [1.165, 1.54) is 0 Å². The summed E-state index contributed by atoms with van der Waals surface area (Å²) in [5.74, 6) is -1.26. The van der Waals surface area contributed by atoms with Crippen LogP contribution in [0.5, 0.6) is 0 Å². The summed E-state index contributed by atoms with van der Waals surface area (Å²) in [6, 6.07) is 8.66. The van der Waals surface area contributed by atoms with Crippen LogP contribution < -0.4 is 5.32 Å². The van der Waals surface area contributed by atoms with E-state index in [-0.39, 0.29) is 24.3 Å². The second kappa shape index (κ2) is 6.52. The second-order valence-electron chi connectivity index (χ2n) is 5.15. The predicted molar refractivity (Wildman–Crippen MR) is 73.1 cm³/mol. The van der Waals surface area contributed by atoms with Crippen LogP contribution in [-0.2, 0) is 14.3 Å². The van der Waals surface area contributed by atoms with Crippen molar-refractivity contribution in [1.29, 1.82) is 0 Å². The van der Waals surface area contributed by atoms with Crippen molar-refractivity contribution in [2.24, 2.45) is 5.92 Å². The molecule has 0 aliphatic carbocycles. The molecule has 5 nitrogen and oxygen atoms in total. The lowest BCUT2D eigenvalue weighted by atomic mass is 10.0. The Bertz CT molecular complexity index is 474. The van der Waals surface area contributed by atoms with E-state index in [0.717, 1.165) is 5.56 Å². The zero-order valence-corrected chi connectivity index (χ0v) is 11.4. The van der Waals surface area contributed by atoms with E-state index in [4.69, 9.17) is 9.84 Å². The molecule has 1 aromatic rings. The summed E-state index contributed by atoms with van der Waals surface area (Å²) >= 11 is 0. The predicted octanol–water partition coefficient (Wildman–Crippen LogP) is 1.74. The molecule has 0 bridgehead atoms. The van der Waals surface area contributed by atoms with Gasteiger partial charge in [-0.3, -0.25) is 9.59 Å². The molecule has 1 aliphatic heterocycles. The molecule has 1 aliphatic rings. The number of carbonyl (C=O) groups excluding carboxylic acids is 1. The van der Waals surface area contributed by atoms with Gasteiger partial charge in [-0.25, -0.2) is 0 Å². The molecule has 1 saturated heterocycles. The fourth-order valence-electron chi connectivity index (χ4n) is 2.40. The van der Waals surface area contributed by atoms with Gasteiger partial charge in [0.2, 0.25) is 5.91 Å². The van der Waals surface area contributed by atoms with Gasteiger partial charge in [-0.15, -0.1) is 0 Å². The van der Waals surface area contributed by atoms with Crippen LogP contribution in [0.15, 0.2) is 30.3 Å². The summed E-state index contributed by atoms with van der Waals surface area (Å²) in [6.45, 7) is 2.33. The highest BCUT2D eigenvalue weighted by Crippen LogP contribution is 2.22. The molecule has 3 unspecified atom stereocenters. The Labute approximate surface area is 117 Å². The van der Waals surface area contributed by atoms with E-state index in [9.17, 15) is 9.59 Å². The molecule has 20 heavy (non-hydrogen) atoms. The second-order valence-corrected chi connectivity index (χ2v) is 5.15. The molecule has 1 aromatic carbocycles.